The Morgan fingerprint density at radius 2 is 1.70 bits per heavy atom. The molecular weight excluding hydrogens is 368 g/mol. The molecule has 0 aliphatic rings. The van der Waals surface area contributed by atoms with Gasteiger partial charge in [0, 0.05) is 6.07 Å². The van der Waals surface area contributed by atoms with E-state index in [4.69, 9.17) is 9.47 Å². The zero-order valence-electron chi connectivity index (χ0n) is 16.0. The Morgan fingerprint density at radius 3 is 2.22 bits per heavy atom. The highest BCUT2D eigenvalue weighted by atomic mass is 32.2. The summed E-state index contributed by atoms with van der Waals surface area (Å²) in [6.45, 7) is 3.44. The number of hydrogen-bond acceptors (Lipinski definition) is 5. The van der Waals surface area contributed by atoms with Crippen molar-refractivity contribution >= 4 is 27.3 Å². The van der Waals surface area contributed by atoms with Crippen molar-refractivity contribution in [2.75, 3.05) is 30.1 Å². The maximum Gasteiger partial charge on any atom is 0.248 e. The number of benzene rings is 2. The molecule has 1 atom stereocenters. The van der Waals surface area contributed by atoms with Crippen molar-refractivity contribution in [3.8, 4) is 11.5 Å². The molecule has 0 aromatic heterocycles. The van der Waals surface area contributed by atoms with Gasteiger partial charge in [-0.05, 0) is 38.1 Å². The Labute approximate surface area is 160 Å². The summed E-state index contributed by atoms with van der Waals surface area (Å²) in [6.07, 6.45) is 1.07. The van der Waals surface area contributed by atoms with Gasteiger partial charge in [0.05, 0.1) is 31.9 Å². The number of hydrogen-bond donors (Lipinski definition) is 1. The van der Waals surface area contributed by atoms with Crippen LogP contribution in [0.3, 0.4) is 0 Å². The fraction of sp³-hybridized carbons (Fsp3) is 0.316. The second-order valence-corrected chi connectivity index (χ2v) is 7.99. The van der Waals surface area contributed by atoms with Gasteiger partial charge in [0.2, 0.25) is 15.9 Å². The molecule has 0 spiro atoms. The molecule has 146 valence electrons. The summed E-state index contributed by atoms with van der Waals surface area (Å²) in [4.78, 5) is 12.8. The Morgan fingerprint density at radius 1 is 1.07 bits per heavy atom. The van der Waals surface area contributed by atoms with E-state index >= 15 is 0 Å². The lowest BCUT2D eigenvalue weighted by Crippen LogP contribution is -2.45. The molecule has 0 fully saturated rings. The van der Waals surface area contributed by atoms with Gasteiger partial charge in [-0.25, -0.2) is 8.42 Å². The summed E-state index contributed by atoms with van der Waals surface area (Å²) in [5.74, 6) is 0.510. The molecule has 0 saturated heterocycles. The summed E-state index contributed by atoms with van der Waals surface area (Å²) < 4.78 is 36.1. The van der Waals surface area contributed by atoms with Gasteiger partial charge in [-0.1, -0.05) is 17.7 Å². The molecule has 0 aliphatic carbocycles. The van der Waals surface area contributed by atoms with E-state index in [2.05, 4.69) is 5.32 Å². The smallest absolute Gasteiger partial charge is 0.248 e. The van der Waals surface area contributed by atoms with Crippen LogP contribution in [-0.4, -0.2) is 40.8 Å². The number of methoxy groups -OCH3 is 2. The number of rotatable bonds is 7. The highest BCUT2D eigenvalue weighted by molar-refractivity contribution is 7.92. The Hall–Kier alpha value is -2.74. The zero-order chi connectivity index (χ0) is 20.2. The van der Waals surface area contributed by atoms with Crippen LogP contribution in [0.15, 0.2) is 42.5 Å². The number of aryl methyl sites for hydroxylation is 1. The summed E-state index contributed by atoms with van der Waals surface area (Å²) in [5, 5.41) is 2.72. The molecule has 27 heavy (non-hydrogen) atoms. The minimum Gasteiger partial charge on any atom is -0.497 e. The molecule has 0 heterocycles. The van der Waals surface area contributed by atoms with E-state index in [9.17, 15) is 13.2 Å². The van der Waals surface area contributed by atoms with Gasteiger partial charge in [0.15, 0.2) is 0 Å². The van der Waals surface area contributed by atoms with Crippen LogP contribution in [0.1, 0.15) is 12.5 Å². The van der Waals surface area contributed by atoms with Gasteiger partial charge in [0.1, 0.15) is 17.5 Å². The number of sulfonamides is 1. The van der Waals surface area contributed by atoms with Gasteiger partial charge in [-0.15, -0.1) is 0 Å². The molecule has 8 heteroatoms. The number of anilines is 2. The third kappa shape index (κ3) is 4.91. The first-order valence-electron chi connectivity index (χ1n) is 8.26. The fourth-order valence-corrected chi connectivity index (χ4v) is 3.81. The molecule has 0 aliphatic heterocycles. The minimum atomic E-state index is -3.67. The average molecular weight is 392 g/mol. The largest absolute Gasteiger partial charge is 0.497 e. The van der Waals surface area contributed by atoms with Gasteiger partial charge in [-0.2, -0.15) is 0 Å². The lowest BCUT2D eigenvalue weighted by molar-refractivity contribution is -0.116. The maximum absolute atomic E-state index is 12.8. The van der Waals surface area contributed by atoms with Crippen LogP contribution in [0.5, 0.6) is 11.5 Å². The van der Waals surface area contributed by atoms with Gasteiger partial charge >= 0.3 is 0 Å². The van der Waals surface area contributed by atoms with E-state index in [0.29, 0.717) is 22.9 Å². The summed E-state index contributed by atoms with van der Waals surface area (Å²) in [6, 6.07) is 10.9. The van der Waals surface area contributed by atoms with Crippen molar-refractivity contribution in [3.63, 3.8) is 0 Å². The summed E-state index contributed by atoms with van der Waals surface area (Å²) in [7, 11) is -0.669. The van der Waals surface area contributed by atoms with Crippen LogP contribution in [0.25, 0.3) is 0 Å². The molecule has 1 N–H and O–H groups in total. The molecule has 2 aromatic carbocycles. The van der Waals surface area contributed by atoms with Crippen molar-refractivity contribution in [2.45, 2.75) is 19.9 Å². The zero-order valence-corrected chi connectivity index (χ0v) is 16.8. The first-order chi connectivity index (χ1) is 12.7. The maximum atomic E-state index is 12.8. The third-order valence-corrected chi connectivity index (χ3v) is 5.29. The Bertz CT molecular complexity index is 910. The van der Waals surface area contributed by atoms with Crippen molar-refractivity contribution < 1.29 is 22.7 Å². The second kappa shape index (κ2) is 8.30. The molecule has 2 aromatic rings. The fourth-order valence-electron chi connectivity index (χ4n) is 2.64. The Balaban J connectivity index is 2.32. The van der Waals surface area contributed by atoms with Gasteiger partial charge < -0.3 is 14.8 Å². The van der Waals surface area contributed by atoms with Crippen LogP contribution in [0.4, 0.5) is 11.4 Å². The van der Waals surface area contributed by atoms with Crippen molar-refractivity contribution in [2.24, 2.45) is 0 Å². The van der Waals surface area contributed by atoms with E-state index in [1.807, 2.05) is 6.92 Å². The van der Waals surface area contributed by atoms with Crippen LogP contribution in [0, 0.1) is 6.92 Å². The first kappa shape index (κ1) is 20.6. The molecule has 0 bridgehead atoms. The minimum absolute atomic E-state index is 0.413. The normalized spacial score (nSPS) is 12.2. The van der Waals surface area contributed by atoms with E-state index < -0.39 is 22.0 Å². The molecule has 0 saturated carbocycles. The van der Waals surface area contributed by atoms with Crippen molar-refractivity contribution in [1.29, 1.82) is 0 Å². The van der Waals surface area contributed by atoms with Crippen LogP contribution >= 0.6 is 0 Å². The van der Waals surface area contributed by atoms with Gasteiger partial charge in [0.25, 0.3) is 0 Å². The summed E-state index contributed by atoms with van der Waals surface area (Å²) >= 11 is 0. The predicted molar refractivity (Wildman–Crippen MR) is 106 cm³/mol. The molecule has 0 radical (unpaired) electrons. The van der Waals surface area contributed by atoms with Crippen LogP contribution < -0.4 is 19.1 Å². The van der Waals surface area contributed by atoms with Crippen molar-refractivity contribution in [3.05, 3.63) is 48.0 Å². The number of amides is 1. The molecular formula is C19H24N2O5S. The van der Waals surface area contributed by atoms with E-state index in [1.54, 1.807) is 42.5 Å². The van der Waals surface area contributed by atoms with Crippen LogP contribution in [-0.2, 0) is 14.8 Å². The molecule has 7 nitrogen and oxygen atoms in total. The van der Waals surface area contributed by atoms with Gasteiger partial charge in [-0.3, -0.25) is 9.10 Å². The van der Waals surface area contributed by atoms with Crippen LogP contribution in [0.2, 0.25) is 0 Å². The van der Waals surface area contributed by atoms with E-state index in [1.165, 1.54) is 21.1 Å². The monoisotopic (exact) mass is 392 g/mol. The summed E-state index contributed by atoms with van der Waals surface area (Å²) in [5.41, 5.74) is 1.84. The predicted octanol–water partition coefficient (Wildman–Crippen LogP) is 2.81. The average Bonchev–Trinajstić information content (AvgIpc) is 2.62. The Kier molecular flexibility index (Phi) is 6.32. The second-order valence-electron chi connectivity index (χ2n) is 6.13. The standard InChI is InChI=1S/C19H24N2O5S/c1-13-6-8-15(9-7-13)21(27(5,23)24)14(2)19(22)20-17-11-10-16(25-3)12-18(17)26-4/h6-12,14H,1-5H3,(H,20,22)/t14-/m1/s1. The highest BCUT2D eigenvalue weighted by Gasteiger charge is 2.29. The lowest BCUT2D eigenvalue weighted by Gasteiger charge is -2.28. The van der Waals surface area contributed by atoms with Crippen molar-refractivity contribution in [1.82, 2.24) is 0 Å². The lowest BCUT2D eigenvalue weighted by atomic mass is 10.2. The topological polar surface area (TPSA) is 84.9 Å². The number of nitrogens with one attached hydrogen (secondary N) is 1. The molecule has 2 rings (SSSR count). The SMILES string of the molecule is COc1ccc(NC(=O)[C@@H](C)N(c2ccc(C)cc2)S(C)(=O)=O)c(OC)c1. The number of ether oxygens (including phenoxy) is 2. The highest BCUT2D eigenvalue weighted by Crippen LogP contribution is 2.30. The van der Waals surface area contributed by atoms with E-state index in [0.717, 1.165) is 16.1 Å². The molecule has 0 unspecified atom stereocenters. The van der Waals surface area contributed by atoms with E-state index in [-0.39, 0.29) is 0 Å². The third-order valence-electron chi connectivity index (χ3n) is 4.04. The number of carbonyl (C=O) groups excluding carboxylic acids is 1. The quantitative estimate of drug-likeness (QED) is 0.783. The first-order valence-corrected chi connectivity index (χ1v) is 10.1. The molecule has 1 amide bonds. The number of carbonyl (C=O) groups is 1. The number of nitrogens with zero attached hydrogens (tertiary/aromatic N) is 1.